The van der Waals surface area contributed by atoms with Crippen LogP contribution in [0.4, 0.5) is 0 Å². The number of hydrogen-bond acceptors (Lipinski definition) is 2. The normalized spacial score (nSPS) is 15.1. The monoisotopic (exact) mass is 340 g/mol. The Bertz CT molecular complexity index is 707. The van der Waals surface area contributed by atoms with Crippen molar-refractivity contribution in [2.75, 3.05) is 33.2 Å². The Labute approximate surface area is 148 Å². The van der Waals surface area contributed by atoms with Crippen molar-refractivity contribution in [3.63, 3.8) is 0 Å². The molecule has 24 heavy (non-hydrogen) atoms. The topological polar surface area (TPSA) is 36.8 Å². The number of benzene rings is 2. The second-order valence-electron chi connectivity index (χ2n) is 6.15. The Morgan fingerprint density at radius 1 is 1.00 bits per heavy atom. The van der Waals surface area contributed by atoms with Crippen molar-refractivity contribution < 1.29 is 9.69 Å². The van der Waals surface area contributed by atoms with Gasteiger partial charge in [0.2, 0.25) is 0 Å². The minimum atomic E-state index is -0.147. The fourth-order valence-electron chi connectivity index (χ4n) is 2.78. The first-order chi connectivity index (χ1) is 11.6. The van der Waals surface area contributed by atoms with E-state index in [0.717, 1.165) is 37.3 Å². The summed E-state index contributed by atoms with van der Waals surface area (Å²) in [5.41, 5.74) is 2.86. The van der Waals surface area contributed by atoms with Gasteiger partial charge in [-0.05, 0) is 35.5 Å². The lowest BCUT2D eigenvalue weighted by Crippen LogP contribution is -3.12. The minimum Gasteiger partial charge on any atom is -0.338 e. The highest BCUT2D eigenvalue weighted by atomic mass is 32.1. The van der Waals surface area contributed by atoms with Gasteiger partial charge < -0.3 is 9.80 Å². The standard InChI is InChI=1S/C19H21N3OS/c1-21-11-13-22(14-12-21)19(24)20-18(23)17-9-7-16(8-10-17)15-5-3-2-4-6-15/h2-10H,11-14H2,1H3,(H,20,23,24)/p+1. The zero-order valence-corrected chi connectivity index (χ0v) is 14.6. The lowest BCUT2D eigenvalue weighted by atomic mass is 10.0. The second-order valence-corrected chi connectivity index (χ2v) is 6.53. The molecule has 0 aromatic heterocycles. The Kier molecular flexibility index (Phi) is 5.23. The van der Waals surface area contributed by atoms with E-state index in [2.05, 4.69) is 29.4 Å². The molecule has 0 bridgehead atoms. The Hall–Kier alpha value is -2.24. The Balaban J connectivity index is 1.62. The Morgan fingerprint density at radius 2 is 1.58 bits per heavy atom. The molecule has 0 spiro atoms. The summed E-state index contributed by atoms with van der Waals surface area (Å²) < 4.78 is 0. The first-order valence-electron chi connectivity index (χ1n) is 8.20. The molecular weight excluding hydrogens is 318 g/mol. The van der Waals surface area contributed by atoms with Crippen LogP contribution in [0.25, 0.3) is 11.1 Å². The summed E-state index contributed by atoms with van der Waals surface area (Å²) in [5.74, 6) is -0.147. The number of rotatable bonds is 2. The van der Waals surface area contributed by atoms with Crippen LogP contribution in [0.5, 0.6) is 0 Å². The number of nitrogens with one attached hydrogen (secondary N) is 2. The molecule has 1 saturated heterocycles. The SMILES string of the molecule is C[NH+]1CCN(C(=S)NC(=O)c2ccc(-c3ccccc3)cc2)CC1. The van der Waals surface area contributed by atoms with E-state index in [1.807, 2.05) is 42.5 Å². The first-order valence-corrected chi connectivity index (χ1v) is 8.61. The Morgan fingerprint density at radius 3 is 2.21 bits per heavy atom. The highest BCUT2D eigenvalue weighted by Gasteiger charge is 2.20. The lowest BCUT2D eigenvalue weighted by Gasteiger charge is -2.31. The van der Waals surface area contributed by atoms with Crippen LogP contribution < -0.4 is 10.2 Å². The van der Waals surface area contributed by atoms with Crippen LogP contribution in [0.3, 0.4) is 0 Å². The average Bonchev–Trinajstić information content (AvgIpc) is 2.63. The van der Waals surface area contributed by atoms with Gasteiger partial charge in [0.05, 0.1) is 33.2 Å². The number of carbonyl (C=O) groups excluding carboxylic acids is 1. The van der Waals surface area contributed by atoms with Crippen LogP contribution in [-0.4, -0.2) is 49.1 Å². The quantitative estimate of drug-likeness (QED) is 0.807. The molecular formula is C19H22N3OS+. The van der Waals surface area contributed by atoms with Gasteiger partial charge in [-0.3, -0.25) is 10.1 Å². The van der Waals surface area contributed by atoms with Crippen molar-refractivity contribution in [2.24, 2.45) is 0 Å². The van der Waals surface area contributed by atoms with E-state index >= 15 is 0 Å². The van der Waals surface area contributed by atoms with Crippen LogP contribution in [0.1, 0.15) is 10.4 Å². The molecule has 0 saturated carbocycles. The number of thiocarbonyl (C=S) groups is 1. The predicted octanol–water partition coefficient (Wildman–Crippen LogP) is 1.20. The molecule has 0 radical (unpaired) electrons. The molecule has 2 aromatic rings. The van der Waals surface area contributed by atoms with Crippen LogP contribution in [0.15, 0.2) is 54.6 Å². The fourth-order valence-corrected chi connectivity index (χ4v) is 3.06. The number of carbonyl (C=O) groups is 1. The second kappa shape index (κ2) is 7.55. The van der Waals surface area contributed by atoms with Crippen molar-refractivity contribution in [1.82, 2.24) is 10.2 Å². The molecule has 1 fully saturated rings. The molecule has 2 aromatic carbocycles. The molecule has 0 atom stereocenters. The molecule has 0 unspecified atom stereocenters. The minimum absolute atomic E-state index is 0.147. The van der Waals surface area contributed by atoms with E-state index in [0.29, 0.717) is 10.7 Å². The molecule has 1 heterocycles. The summed E-state index contributed by atoms with van der Waals surface area (Å²) in [6, 6.07) is 17.7. The van der Waals surface area contributed by atoms with E-state index < -0.39 is 0 Å². The van der Waals surface area contributed by atoms with Gasteiger partial charge >= 0.3 is 0 Å². The maximum Gasteiger partial charge on any atom is 0.257 e. The van der Waals surface area contributed by atoms with E-state index in [-0.39, 0.29) is 5.91 Å². The lowest BCUT2D eigenvalue weighted by molar-refractivity contribution is -0.883. The summed E-state index contributed by atoms with van der Waals surface area (Å²) in [4.78, 5) is 15.9. The van der Waals surface area contributed by atoms with Crippen molar-refractivity contribution in [2.45, 2.75) is 0 Å². The molecule has 5 heteroatoms. The van der Waals surface area contributed by atoms with Gasteiger partial charge in [0, 0.05) is 5.56 Å². The number of hydrogen-bond donors (Lipinski definition) is 2. The number of amides is 1. The third kappa shape index (κ3) is 3.99. The molecule has 0 aliphatic carbocycles. The highest BCUT2D eigenvalue weighted by Crippen LogP contribution is 2.19. The first kappa shape index (κ1) is 16.6. The van der Waals surface area contributed by atoms with Gasteiger partial charge in [-0.2, -0.15) is 0 Å². The van der Waals surface area contributed by atoms with Crippen LogP contribution in [0.2, 0.25) is 0 Å². The van der Waals surface area contributed by atoms with Crippen LogP contribution in [-0.2, 0) is 0 Å². The number of nitrogens with zero attached hydrogens (tertiary/aromatic N) is 1. The molecule has 124 valence electrons. The van der Waals surface area contributed by atoms with Crippen molar-refractivity contribution in [3.8, 4) is 11.1 Å². The largest absolute Gasteiger partial charge is 0.338 e. The van der Waals surface area contributed by atoms with Gasteiger partial charge in [0.25, 0.3) is 5.91 Å². The molecule has 3 rings (SSSR count). The molecule has 1 aliphatic heterocycles. The highest BCUT2D eigenvalue weighted by molar-refractivity contribution is 7.80. The molecule has 4 nitrogen and oxygen atoms in total. The third-order valence-electron chi connectivity index (χ3n) is 4.38. The van der Waals surface area contributed by atoms with Crippen LogP contribution >= 0.6 is 12.2 Å². The number of piperazine rings is 1. The summed E-state index contributed by atoms with van der Waals surface area (Å²) in [7, 11) is 2.17. The maximum absolute atomic E-state index is 12.4. The predicted molar refractivity (Wildman–Crippen MR) is 100 cm³/mol. The van der Waals surface area contributed by atoms with Gasteiger partial charge in [-0.15, -0.1) is 0 Å². The van der Waals surface area contributed by atoms with Crippen molar-refractivity contribution in [3.05, 3.63) is 60.2 Å². The smallest absolute Gasteiger partial charge is 0.257 e. The van der Waals surface area contributed by atoms with E-state index in [4.69, 9.17) is 12.2 Å². The molecule has 1 aliphatic rings. The van der Waals surface area contributed by atoms with Gasteiger partial charge in [-0.25, -0.2) is 0 Å². The summed E-state index contributed by atoms with van der Waals surface area (Å²) in [5, 5.41) is 3.38. The van der Waals surface area contributed by atoms with Crippen molar-refractivity contribution >= 4 is 23.2 Å². The van der Waals surface area contributed by atoms with Gasteiger partial charge in [0.1, 0.15) is 0 Å². The zero-order valence-electron chi connectivity index (χ0n) is 13.8. The van der Waals surface area contributed by atoms with Crippen LogP contribution in [0, 0.1) is 0 Å². The maximum atomic E-state index is 12.4. The van der Waals surface area contributed by atoms with Crippen molar-refractivity contribution in [1.29, 1.82) is 0 Å². The summed E-state index contributed by atoms with van der Waals surface area (Å²) >= 11 is 5.38. The van der Waals surface area contributed by atoms with E-state index in [1.165, 1.54) is 4.90 Å². The zero-order chi connectivity index (χ0) is 16.9. The van der Waals surface area contributed by atoms with E-state index in [1.54, 1.807) is 0 Å². The number of quaternary nitrogens is 1. The molecule has 2 N–H and O–H groups in total. The summed E-state index contributed by atoms with van der Waals surface area (Å²) in [6.45, 7) is 3.86. The average molecular weight is 340 g/mol. The summed E-state index contributed by atoms with van der Waals surface area (Å²) in [6.07, 6.45) is 0. The third-order valence-corrected chi connectivity index (χ3v) is 4.74. The number of likely N-dealkylation sites (N-methyl/N-ethyl adjacent to an activating group) is 1. The van der Waals surface area contributed by atoms with E-state index in [9.17, 15) is 4.79 Å². The van der Waals surface area contributed by atoms with Gasteiger partial charge in [-0.1, -0.05) is 42.5 Å². The molecule has 1 amide bonds. The fraction of sp³-hybridized carbons (Fsp3) is 0.263. The van der Waals surface area contributed by atoms with Gasteiger partial charge in [0.15, 0.2) is 5.11 Å².